The number of rotatable bonds is 1. The van der Waals surface area contributed by atoms with Crippen molar-refractivity contribution in [2.75, 3.05) is 4.81 Å². The molecule has 3 rings (SSSR count). The molecule has 0 amide bonds. The van der Waals surface area contributed by atoms with E-state index in [0.29, 0.717) is 0 Å². The first-order chi connectivity index (χ1) is 7.84. The van der Waals surface area contributed by atoms with Crippen LogP contribution in [0.25, 0.3) is 0 Å². The van der Waals surface area contributed by atoms with Gasteiger partial charge in [0.05, 0.1) is 6.54 Å². The third kappa shape index (κ3) is 1.49. The molecule has 2 nitrogen and oxygen atoms in total. The molecule has 3 heteroatoms. The van der Waals surface area contributed by atoms with Crippen molar-refractivity contribution in [3.63, 3.8) is 0 Å². The third-order valence-electron chi connectivity index (χ3n) is 3.62. The van der Waals surface area contributed by atoms with Crippen LogP contribution in [0.2, 0.25) is 0 Å². The second kappa shape index (κ2) is 3.67. The van der Waals surface area contributed by atoms with Crippen LogP contribution in [0, 0.1) is 6.92 Å². The number of hydrogen-bond acceptors (Lipinski definition) is 1. The van der Waals surface area contributed by atoms with E-state index in [1.807, 2.05) is 0 Å². The normalized spacial score (nSPS) is 13.9. The van der Waals surface area contributed by atoms with Crippen molar-refractivity contribution in [1.29, 1.82) is 0 Å². The summed E-state index contributed by atoms with van der Waals surface area (Å²) in [6.07, 6.45) is 0. The standard InChI is InChI=1S/C13H15BN2/c1-11-6-5-9-13-10-15(14-16(11)13)12-7-3-2-4-8-12/h2-9H,10,14H2,1H3. The number of aromatic nitrogens is 1. The molecular formula is C13H15BN2. The highest BCUT2D eigenvalue weighted by atomic mass is 15.2. The Morgan fingerprint density at radius 1 is 1.06 bits per heavy atom. The summed E-state index contributed by atoms with van der Waals surface area (Å²) < 4.78 is 2.49. The predicted octanol–water partition coefficient (Wildman–Crippen LogP) is 1.15. The van der Waals surface area contributed by atoms with Crippen LogP contribution >= 0.6 is 0 Å². The lowest BCUT2D eigenvalue weighted by atomic mass is 10.1. The smallest absolute Gasteiger partial charge is 0.350 e. The fourth-order valence-corrected chi connectivity index (χ4v) is 2.64. The molecule has 0 radical (unpaired) electrons. The molecule has 1 aromatic heterocycles. The Morgan fingerprint density at radius 2 is 1.88 bits per heavy atom. The van der Waals surface area contributed by atoms with E-state index in [4.69, 9.17) is 0 Å². The SMILES string of the molecule is Cc1cccc2[n+]1[BH2-]N(c1ccccc1)C2. The fraction of sp³-hybridized carbons (Fsp3) is 0.154. The quantitative estimate of drug-likeness (QED) is 0.640. The van der Waals surface area contributed by atoms with E-state index in [2.05, 4.69) is 64.7 Å². The molecule has 0 N–H and O–H groups in total. The Hall–Kier alpha value is -1.77. The van der Waals surface area contributed by atoms with Crippen LogP contribution in [0.3, 0.4) is 0 Å². The van der Waals surface area contributed by atoms with E-state index in [1.54, 1.807) is 0 Å². The molecule has 2 heterocycles. The molecule has 16 heavy (non-hydrogen) atoms. The number of benzene rings is 1. The van der Waals surface area contributed by atoms with Gasteiger partial charge >= 0.3 is 7.55 Å². The second-order valence-electron chi connectivity index (χ2n) is 4.61. The highest BCUT2D eigenvalue weighted by Crippen LogP contribution is 2.17. The summed E-state index contributed by atoms with van der Waals surface area (Å²) >= 11 is 0. The molecule has 0 saturated carbocycles. The minimum Gasteiger partial charge on any atom is -0.482 e. The van der Waals surface area contributed by atoms with Gasteiger partial charge in [-0.15, -0.1) is 0 Å². The lowest BCUT2D eigenvalue weighted by Crippen LogP contribution is -2.46. The molecule has 1 aliphatic heterocycles. The van der Waals surface area contributed by atoms with Gasteiger partial charge in [-0.05, 0) is 18.2 Å². The van der Waals surface area contributed by atoms with Crippen LogP contribution in [-0.4, -0.2) is 7.55 Å². The highest BCUT2D eigenvalue weighted by molar-refractivity contribution is 6.32. The van der Waals surface area contributed by atoms with Crippen molar-refractivity contribution in [2.24, 2.45) is 0 Å². The monoisotopic (exact) mass is 210 g/mol. The largest absolute Gasteiger partial charge is 0.482 e. The lowest BCUT2D eigenvalue weighted by Gasteiger charge is -2.19. The first kappa shape index (κ1) is 9.46. The third-order valence-corrected chi connectivity index (χ3v) is 3.62. The Kier molecular flexibility index (Phi) is 2.17. The zero-order valence-electron chi connectivity index (χ0n) is 9.72. The van der Waals surface area contributed by atoms with E-state index in [9.17, 15) is 0 Å². The molecule has 1 aromatic carbocycles. The number of anilines is 1. The van der Waals surface area contributed by atoms with E-state index in [-0.39, 0.29) is 7.55 Å². The number of para-hydroxylation sites is 1. The maximum absolute atomic E-state index is 2.52. The van der Waals surface area contributed by atoms with Gasteiger partial charge < -0.3 is 9.29 Å². The van der Waals surface area contributed by atoms with Crippen molar-refractivity contribution < 1.29 is 4.48 Å². The van der Waals surface area contributed by atoms with Gasteiger partial charge in [0.15, 0.2) is 0 Å². The van der Waals surface area contributed by atoms with E-state index in [0.717, 1.165) is 6.54 Å². The van der Waals surface area contributed by atoms with E-state index in [1.165, 1.54) is 17.1 Å². The summed E-state index contributed by atoms with van der Waals surface area (Å²) in [6.45, 7) is 3.26. The molecule has 0 saturated heterocycles. The number of nitrogens with zero attached hydrogens (tertiary/aromatic N) is 2. The van der Waals surface area contributed by atoms with Gasteiger partial charge in [-0.3, -0.25) is 0 Å². The Bertz CT molecular complexity index is 511. The van der Waals surface area contributed by atoms with Crippen molar-refractivity contribution in [3.05, 3.63) is 59.9 Å². The average Bonchev–Trinajstić information content (AvgIpc) is 2.76. The maximum Gasteiger partial charge on any atom is 0.350 e. The van der Waals surface area contributed by atoms with Gasteiger partial charge in [0.1, 0.15) is 11.4 Å². The molecule has 0 spiro atoms. The van der Waals surface area contributed by atoms with Gasteiger partial charge in [-0.25, -0.2) is 0 Å². The summed E-state index contributed by atoms with van der Waals surface area (Å²) in [5.74, 6) is 0. The summed E-state index contributed by atoms with van der Waals surface area (Å²) in [4.78, 5) is 2.52. The summed E-state index contributed by atoms with van der Waals surface area (Å²) in [7, 11) is -0.238. The van der Waals surface area contributed by atoms with E-state index < -0.39 is 0 Å². The van der Waals surface area contributed by atoms with Crippen LogP contribution in [0.15, 0.2) is 48.5 Å². The fourth-order valence-electron chi connectivity index (χ4n) is 2.64. The van der Waals surface area contributed by atoms with Crippen molar-refractivity contribution in [3.8, 4) is 0 Å². The Balaban J connectivity index is 1.94. The molecule has 1 aliphatic rings. The van der Waals surface area contributed by atoms with Crippen molar-refractivity contribution in [2.45, 2.75) is 13.5 Å². The molecule has 0 aliphatic carbocycles. The second-order valence-corrected chi connectivity index (χ2v) is 4.61. The lowest BCUT2D eigenvalue weighted by molar-refractivity contribution is -0.539. The number of hydrogen-bond donors (Lipinski definition) is 0. The molecular weight excluding hydrogens is 195 g/mol. The van der Waals surface area contributed by atoms with Gasteiger partial charge in [0.2, 0.25) is 0 Å². The van der Waals surface area contributed by atoms with Gasteiger partial charge in [-0.2, -0.15) is 0 Å². The molecule has 0 atom stereocenters. The Morgan fingerprint density at radius 3 is 2.62 bits per heavy atom. The topological polar surface area (TPSA) is 7.12 Å². The first-order valence-corrected chi connectivity index (χ1v) is 5.89. The zero-order valence-corrected chi connectivity index (χ0v) is 9.72. The minimum absolute atomic E-state index is 0.238. The van der Waals surface area contributed by atoms with Crippen LogP contribution in [0.4, 0.5) is 5.69 Å². The molecule has 0 unspecified atom stereocenters. The summed E-state index contributed by atoms with van der Waals surface area (Å²) in [5.41, 5.74) is 4.19. The predicted molar refractivity (Wildman–Crippen MR) is 67.9 cm³/mol. The molecule has 2 aromatic rings. The molecule has 80 valence electrons. The summed E-state index contributed by atoms with van der Waals surface area (Å²) in [5, 5.41) is 0. The average molecular weight is 210 g/mol. The Labute approximate surface area is 96.4 Å². The van der Waals surface area contributed by atoms with Gasteiger partial charge in [-0.1, -0.05) is 24.3 Å². The van der Waals surface area contributed by atoms with Crippen molar-refractivity contribution in [1.82, 2.24) is 0 Å². The molecule has 0 fully saturated rings. The van der Waals surface area contributed by atoms with Crippen LogP contribution in [0.5, 0.6) is 0 Å². The van der Waals surface area contributed by atoms with Gasteiger partial charge in [0, 0.05) is 18.7 Å². The zero-order chi connectivity index (χ0) is 11.0. The van der Waals surface area contributed by atoms with Crippen LogP contribution in [0.1, 0.15) is 11.4 Å². The van der Waals surface area contributed by atoms with Crippen molar-refractivity contribution >= 4 is 13.2 Å². The number of fused-ring (bicyclic) bond motifs is 1. The highest BCUT2D eigenvalue weighted by Gasteiger charge is 2.21. The van der Waals surface area contributed by atoms with E-state index >= 15 is 0 Å². The summed E-state index contributed by atoms with van der Waals surface area (Å²) in [6, 6.07) is 17.3. The van der Waals surface area contributed by atoms with Gasteiger partial charge in [0.25, 0.3) is 0 Å². The molecule has 0 bridgehead atoms. The first-order valence-electron chi connectivity index (χ1n) is 5.89. The number of aryl methyl sites for hydroxylation is 1. The maximum atomic E-state index is 2.52. The van der Waals surface area contributed by atoms with Crippen LogP contribution in [-0.2, 0) is 6.54 Å². The van der Waals surface area contributed by atoms with Crippen LogP contribution < -0.4 is 9.29 Å². The number of pyridine rings is 1. The minimum atomic E-state index is -0.238.